The van der Waals surface area contributed by atoms with Gasteiger partial charge in [0, 0.05) is 6.42 Å². The second-order valence-corrected chi connectivity index (χ2v) is 10.5. The summed E-state index contributed by atoms with van der Waals surface area (Å²) in [5, 5.41) is 2.39. The molecule has 2 bridgehead atoms. The third-order valence-corrected chi connectivity index (χ3v) is 8.46. The Morgan fingerprint density at radius 2 is 1.61 bits per heavy atom. The molecule has 7 atom stereocenters. The lowest BCUT2D eigenvalue weighted by Gasteiger charge is -2.37. The number of anilines is 1. The predicted octanol–water partition coefficient (Wildman–Crippen LogP) is 4.96. The van der Waals surface area contributed by atoms with E-state index in [1.54, 1.807) is 30.3 Å². The number of alkyl halides is 3. The molecule has 7 rings (SSSR count). The molecule has 2 saturated carbocycles. The van der Waals surface area contributed by atoms with Crippen molar-refractivity contribution in [1.82, 2.24) is 4.90 Å². The molecule has 1 heterocycles. The molecular weight excluding hydrogens is 493 g/mol. The summed E-state index contributed by atoms with van der Waals surface area (Å²) in [4.78, 5) is 41.9. The fourth-order valence-electron chi connectivity index (χ4n) is 6.44. The molecule has 36 heavy (non-hydrogen) atoms. The maximum Gasteiger partial charge on any atom is 0.416 e. The molecule has 4 aliphatic carbocycles. The Morgan fingerprint density at radius 3 is 2.19 bits per heavy atom. The number of hydrogen-bond acceptors (Lipinski definition) is 3. The third-order valence-electron chi connectivity index (χ3n) is 8.13. The molecule has 1 saturated heterocycles. The van der Waals surface area contributed by atoms with Gasteiger partial charge in [0.2, 0.25) is 17.7 Å². The molecule has 5 aliphatic rings. The van der Waals surface area contributed by atoms with Crippen LogP contribution in [0.2, 0.25) is 5.02 Å². The fraction of sp³-hybridized carbons (Fsp3) is 0.370. The van der Waals surface area contributed by atoms with Gasteiger partial charge in [-0.05, 0) is 53.9 Å². The highest BCUT2D eigenvalue weighted by Crippen LogP contribution is 2.65. The first kappa shape index (κ1) is 23.3. The number of rotatable bonds is 5. The van der Waals surface area contributed by atoms with Crippen LogP contribution in [0, 0.1) is 35.5 Å². The highest BCUT2D eigenvalue weighted by molar-refractivity contribution is 6.33. The van der Waals surface area contributed by atoms with Crippen molar-refractivity contribution < 1.29 is 27.6 Å². The van der Waals surface area contributed by atoms with E-state index in [4.69, 9.17) is 11.6 Å². The number of allylic oxidation sites excluding steroid dienone is 2. The van der Waals surface area contributed by atoms with E-state index in [0.29, 0.717) is 17.4 Å². The van der Waals surface area contributed by atoms with Crippen molar-refractivity contribution in [3.05, 3.63) is 76.8 Å². The molecule has 9 heteroatoms. The summed E-state index contributed by atoms with van der Waals surface area (Å²) in [6.45, 7) is 0. The topological polar surface area (TPSA) is 66.5 Å². The molecule has 1 aliphatic heterocycles. The van der Waals surface area contributed by atoms with Crippen molar-refractivity contribution in [2.24, 2.45) is 35.5 Å². The first-order valence-electron chi connectivity index (χ1n) is 11.9. The van der Waals surface area contributed by atoms with Crippen LogP contribution in [0.15, 0.2) is 60.7 Å². The lowest BCUT2D eigenvalue weighted by Crippen LogP contribution is -2.49. The second kappa shape index (κ2) is 8.20. The van der Waals surface area contributed by atoms with Gasteiger partial charge in [0.1, 0.15) is 6.04 Å². The first-order chi connectivity index (χ1) is 17.1. The smallest absolute Gasteiger partial charge is 0.323 e. The van der Waals surface area contributed by atoms with E-state index < -0.39 is 35.5 Å². The van der Waals surface area contributed by atoms with Gasteiger partial charge in [0.25, 0.3) is 0 Å². The number of nitrogens with zero attached hydrogens (tertiary/aromatic N) is 1. The fourth-order valence-corrected chi connectivity index (χ4v) is 6.60. The van der Waals surface area contributed by atoms with Crippen molar-refractivity contribution in [3.8, 4) is 0 Å². The van der Waals surface area contributed by atoms with Crippen LogP contribution in [0.4, 0.5) is 18.9 Å². The molecule has 186 valence electrons. The average Bonchev–Trinajstić information content (AvgIpc) is 3.62. The van der Waals surface area contributed by atoms with E-state index >= 15 is 0 Å². The summed E-state index contributed by atoms with van der Waals surface area (Å²) < 4.78 is 39.8. The van der Waals surface area contributed by atoms with Crippen LogP contribution in [-0.4, -0.2) is 28.7 Å². The van der Waals surface area contributed by atoms with Gasteiger partial charge in [-0.25, -0.2) is 0 Å². The largest absolute Gasteiger partial charge is 0.416 e. The number of benzene rings is 2. The van der Waals surface area contributed by atoms with Gasteiger partial charge in [-0.2, -0.15) is 13.2 Å². The highest BCUT2D eigenvalue weighted by Gasteiger charge is 2.67. The summed E-state index contributed by atoms with van der Waals surface area (Å²) in [5.41, 5.74) is -0.482. The quantitative estimate of drug-likeness (QED) is 0.453. The van der Waals surface area contributed by atoms with Crippen LogP contribution in [0.3, 0.4) is 0 Å². The number of carbonyl (C=O) groups excluding carboxylic acids is 3. The van der Waals surface area contributed by atoms with Crippen LogP contribution < -0.4 is 5.32 Å². The van der Waals surface area contributed by atoms with Crippen LogP contribution in [0.25, 0.3) is 0 Å². The zero-order chi connectivity index (χ0) is 25.4. The molecule has 0 aromatic heterocycles. The summed E-state index contributed by atoms with van der Waals surface area (Å²) >= 11 is 6.10. The predicted molar refractivity (Wildman–Crippen MR) is 126 cm³/mol. The molecule has 2 aromatic carbocycles. The van der Waals surface area contributed by atoms with E-state index in [0.717, 1.165) is 29.5 Å². The van der Waals surface area contributed by atoms with E-state index in [-0.39, 0.29) is 40.8 Å². The van der Waals surface area contributed by atoms with Gasteiger partial charge >= 0.3 is 6.18 Å². The zero-order valence-corrected chi connectivity index (χ0v) is 19.7. The van der Waals surface area contributed by atoms with Gasteiger partial charge in [-0.3, -0.25) is 19.3 Å². The molecule has 3 fully saturated rings. The van der Waals surface area contributed by atoms with Crippen LogP contribution in [0.1, 0.15) is 17.5 Å². The Morgan fingerprint density at radius 1 is 1.00 bits per heavy atom. The van der Waals surface area contributed by atoms with Crippen molar-refractivity contribution in [1.29, 1.82) is 0 Å². The summed E-state index contributed by atoms with van der Waals surface area (Å²) in [6.07, 6.45) is 0.511. The van der Waals surface area contributed by atoms with Crippen LogP contribution in [-0.2, 0) is 27.0 Å². The minimum absolute atomic E-state index is 0.00945. The molecular formula is C27H22ClF3N2O3. The number of halogens is 4. The molecule has 0 unspecified atom stereocenters. The second-order valence-electron chi connectivity index (χ2n) is 10.1. The number of hydrogen-bond donors (Lipinski definition) is 1. The zero-order valence-electron chi connectivity index (χ0n) is 18.9. The first-order valence-corrected chi connectivity index (χ1v) is 12.3. The van der Waals surface area contributed by atoms with Crippen molar-refractivity contribution in [3.63, 3.8) is 0 Å². The monoisotopic (exact) mass is 514 g/mol. The molecule has 0 spiro atoms. The van der Waals surface area contributed by atoms with Gasteiger partial charge in [-0.1, -0.05) is 54.1 Å². The summed E-state index contributed by atoms with van der Waals surface area (Å²) in [6, 6.07) is 10.3. The Hall–Kier alpha value is -3.13. The number of imide groups is 1. The van der Waals surface area contributed by atoms with Gasteiger partial charge in [-0.15, -0.1) is 0 Å². The molecule has 3 amide bonds. The minimum atomic E-state index is -4.63. The Labute approximate surface area is 210 Å². The van der Waals surface area contributed by atoms with E-state index in [1.165, 1.54) is 0 Å². The third kappa shape index (κ3) is 3.65. The van der Waals surface area contributed by atoms with Crippen molar-refractivity contribution in [2.75, 3.05) is 5.32 Å². The lowest BCUT2D eigenvalue weighted by molar-refractivity contribution is -0.146. The Kier molecular flexibility index (Phi) is 5.30. The number of likely N-dealkylation sites (tertiary alicyclic amines) is 1. The molecule has 5 nitrogen and oxygen atoms in total. The Balaban J connectivity index is 1.34. The molecule has 2 aromatic rings. The van der Waals surface area contributed by atoms with E-state index in [1.807, 2.05) is 12.2 Å². The molecule has 1 N–H and O–H groups in total. The normalized spacial score (nSPS) is 30.7. The molecule has 0 radical (unpaired) electrons. The maximum atomic E-state index is 13.7. The summed E-state index contributed by atoms with van der Waals surface area (Å²) in [7, 11) is 0. The van der Waals surface area contributed by atoms with Gasteiger partial charge in [0.15, 0.2) is 0 Å². The van der Waals surface area contributed by atoms with E-state index in [9.17, 15) is 27.6 Å². The maximum absolute atomic E-state index is 13.7. The van der Waals surface area contributed by atoms with Crippen LogP contribution >= 0.6 is 11.6 Å². The van der Waals surface area contributed by atoms with Crippen molar-refractivity contribution >= 4 is 35.0 Å². The van der Waals surface area contributed by atoms with Crippen molar-refractivity contribution in [2.45, 2.75) is 25.1 Å². The number of nitrogens with one attached hydrogen (secondary N) is 1. The van der Waals surface area contributed by atoms with E-state index in [2.05, 4.69) is 5.32 Å². The SMILES string of the molecule is O=C(Nc1cc(C(F)(F)F)ccc1Cl)[C@@H](Cc1ccccc1)N1C(=O)[C@@H]2[C@@H]3C=C[C@H]([C@H]4C[C@@H]34)[C@@H]2C1=O. The number of amides is 3. The Bertz CT molecular complexity index is 1260. The minimum Gasteiger partial charge on any atom is -0.323 e. The number of carbonyl (C=O) groups is 3. The van der Waals surface area contributed by atoms with Gasteiger partial charge in [0.05, 0.1) is 28.1 Å². The standard InChI is InChI=1S/C27H22ClF3N2O3/c28-19-9-6-14(27(29,30)31)11-20(19)32-24(34)21(10-13-4-2-1-3-5-13)33-25(35)22-15-7-8-16(18-12-17(15)18)23(22)26(33)36/h1-9,11,15-18,21-23H,10,12H2,(H,32,34)/t15-,16-,17-,18+,21-,22+,23-/m1/s1. The van der Waals surface area contributed by atoms with Gasteiger partial charge < -0.3 is 5.32 Å². The van der Waals surface area contributed by atoms with Crippen LogP contribution in [0.5, 0.6) is 0 Å². The summed E-state index contributed by atoms with van der Waals surface area (Å²) in [5.74, 6) is -1.69. The lowest BCUT2D eigenvalue weighted by atomic mass is 9.63. The highest BCUT2D eigenvalue weighted by atomic mass is 35.5. The average molecular weight is 515 g/mol.